The van der Waals surface area contributed by atoms with Crippen molar-refractivity contribution in [2.75, 3.05) is 0 Å². The molecule has 0 N–H and O–H groups in total. The van der Waals surface area contributed by atoms with Crippen LogP contribution in [0, 0.1) is 0 Å². The molecule has 0 spiro atoms. The number of rotatable bonds is 2. The molecule has 6 aromatic heterocycles. The van der Waals surface area contributed by atoms with E-state index in [1.54, 1.807) is 0 Å². The topological polar surface area (TPSA) is 52.9 Å². The molecular weight excluding hydrogens is 576 g/mol. The summed E-state index contributed by atoms with van der Waals surface area (Å²) in [6.07, 6.45) is 3.69. The molecule has 0 saturated heterocycles. The van der Waals surface area contributed by atoms with Crippen LogP contribution in [-0.4, -0.2) is 28.5 Å². The van der Waals surface area contributed by atoms with Crippen LogP contribution in [0.2, 0.25) is 0 Å². The van der Waals surface area contributed by atoms with Crippen molar-refractivity contribution in [2.24, 2.45) is 0 Å². The van der Waals surface area contributed by atoms with Crippen LogP contribution >= 0.6 is 0 Å². The molecular formula is C41H24N6. The first-order chi connectivity index (χ1) is 23.4. The van der Waals surface area contributed by atoms with E-state index in [1.807, 2.05) is 24.5 Å². The average molecular weight is 601 g/mol. The van der Waals surface area contributed by atoms with Gasteiger partial charge in [-0.2, -0.15) is 0 Å². The number of nitrogens with zero attached hydrogens (tertiary/aromatic N) is 6. The summed E-state index contributed by atoms with van der Waals surface area (Å²) in [5, 5.41) is 6.92. The molecule has 0 radical (unpaired) electrons. The number of imidazole rings is 1. The predicted molar refractivity (Wildman–Crippen MR) is 192 cm³/mol. The van der Waals surface area contributed by atoms with Gasteiger partial charge >= 0.3 is 0 Å². The van der Waals surface area contributed by atoms with Gasteiger partial charge in [0, 0.05) is 56.1 Å². The standard InChI is InChI=1S/C41H24N6/c1-3-11-25(12-4-1)45-31-16-8-7-15-27(31)28-19-20-30-35-32(46(39(30)38(28)45)26-13-5-2-6-14-26)22-21-29-36(35)41-44-40-34(18-10-24-43-40)47(41)33-17-9-23-42-37(29)33/h1-24H. The minimum absolute atomic E-state index is 0.723. The lowest BCUT2D eigenvalue weighted by molar-refractivity contribution is 1.15. The monoisotopic (exact) mass is 600 g/mol. The van der Waals surface area contributed by atoms with Crippen LogP contribution < -0.4 is 0 Å². The second-order valence-electron chi connectivity index (χ2n) is 12.1. The molecule has 6 heterocycles. The fourth-order valence-electron chi connectivity index (χ4n) is 7.87. The highest BCUT2D eigenvalue weighted by atomic mass is 15.1. The van der Waals surface area contributed by atoms with Crippen molar-refractivity contribution < 1.29 is 0 Å². The zero-order chi connectivity index (χ0) is 30.6. The van der Waals surface area contributed by atoms with Crippen molar-refractivity contribution in [1.82, 2.24) is 28.5 Å². The zero-order valence-corrected chi connectivity index (χ0v) is 25.0. The number of hydrogen-bond acceptors (Lipinski definition) is 3. The second kappa shape index (κ2) is 9.02. The quantitative estimate of drug-likeness (QED) is 0.186. The molecule has 6 heteroatoms. The van der Waals surface area contributed by atoms with E-state index < -0.39 is 0 Å². The third-order valence-corrected chi connectivity index (χ3v) is 9.69. The zero-order valence-electron chi connectivity index (χ0n) is 25.0. The third-order valence-electron chi connectivity index (χ3n) is 9.69. The van der Waals surface area contributed by atoms with E-state index in [2.05, 4.69) is 140 Å². The Morgan fingerprint density at radius 2 is 1.02 bits per heavy atom. The molecule has 0 aliphatic heterocycles. The van der Waals surface area contributed by atoms with Crippen molar-refractivity contribution in [2.45, 2.75) is 0 Å². The van der Waals surface area contributed by atoms with E-state index in [9.17, 15) is 0 Å². The molecule has 0 unspecified atom stereocenters. The lowest BCUT2D eigenvalue weighted by Gasteiger charge is -2.12. The molecule has 11 aromatic rings. The van der Waals surface area contributed by atoms with Crippen molar-refractivity contribution in [3.05, 3.63) is 146 Å². The van der Waals surface area contributed by atoms with Gasteiger partial charge in [-0.3, -0.25) is 9.38 Å². The molecule has 0 aliphatic rings. The van der Waals surface area contributed by atoms with Gasteiger partial charge in [-0.25, -0.2) is 9.97 Å². The molecule has 5 aromatic carbocycles. The lowest BCUT2D eigenvalue weighted by Crippen LogP contribution is -1.98. The van der Waals surface area contributed by atoms with Gasteiger partial charge in [0.2, 0.25) is 0 Å². The molecule has 0 amide bonds. The van der Waals surface area contributed by atoms with Crippen molar-refractivity contribution in [1.29, 1.82) is 0 Å². The van der Waals surface area contributed by atoms with Crippen molar-refractivity contribution >= 4 is 82.2 Å². The van der Waals surface area contributed by atoms with E-state index in [0.717, 1.165) is 66.4 Å². The van der Waals surface area contributed by atoms with Gasteiger partial charge in [-0.05, 0) is 66.7 Å². The number of hydrogen-bond donors (Lipinski definition) is 0. The van der Waals surface area contributed by atoms with E-state index in [1.165, 1.54) is 27.2 Å². The Morgan fingerprint density at radius 1 is 0.404 bits per heavy atom. The maximum atomic E-state index is 5.20. The Hall–Kier alpha value is -6.53. The second-order valence-corrected chi connectivity index (χ2v) is 12.1. The molecule has 0 aliphatic carbocycles. The highest BCUT2D eigenvalue weighted by Gasteiger charge is 2.25. The van der Waals surface area contributed by atoms with Crippen LogP contribution in [0.25, 0.3) is 93.6 Å². The molecule has 0 atom stereocenters. The summed E-state index contributed by atoms with van der Waals surface area (Å²) in [5.74, 6) is 0. The highest BCUT2D eigenvalue weighted by molar-refractivity contribution is 6.32. The normalized spacial score (nSPS) is 12.3. The van der Waals surface area contributed by atoms with Gasteiger partial charge < -0.3 is 9.13 Å². The summed E-state index contributed by atoms with van der Waals surface area (Å²) in [7, 11) is 0. The molecule has 0 bridgehead atoms. The maximum Gasteiger partial charge on any atom is 0.178 e. The number of para-hydroxylation sites is 3. The van der Waals surface area contributed by atoms with Gasteiger partial charge in [-0.1, -0.05) is 66.7 Å². The minimum Gasteiger partial charge on any atom is -0.307 e. The van der Waals surface area contributed by atoms with Crippen LogP contribution in [0.3, 0.4) is 0 Å². The van der Waals surface area contributed by atoms with Gasteiger partial charge in [0.25, 0.3) is 0 Å². The molecule has 0 saturated carbocycles. The fourth-order valence-corrected chi connectivity index (χ4v) is 7.87. The average Bonchev–Trinajstić information content (AvgIpc) is 3.80. The van der Waals surface area contributed by atoms with E-state index in [-0.39, 0.29) is 0 Å². The summed E-state index contributed by atoms with van der Waals surface area (Å²) in [6, 6.07) is 47.4. The summed E-state index contributed by atoms with van der Waals surface area (Å²) in [5.41, 5.74) is 11.4. The summed E-state index contributed by atoms with van der Waals surface area (Å²) >= 11 is 0. The first-order valence-corrected chi connectivity index (χ1v) is 15.8. The Morgan fingerprint density at radius 3 is 1.83 bits per heavy atom. The lowest BCUT2D eigenvalue weighted by atomic mass is 10.0. The van der Waals surface area contributed by atoms with Crippen molar-refractivity contribution in [3.8, 4) is 11.4 Å². The van der Waals surface area contributed by atoms with Gasteiger partial charge in [-0.15, -0.1) is 0 Å². The first kappa shape index (κ1) is 24.8. The van der Waals surface area contributed by atoms with E-state index in [0.29, 0.717) is 0 Å². The number of aromatic nitrogens is 6. The number of benzene rings is 5. The first-order valence-electron chi connectivity index (χ1n) is 15.8. The molecule has 0 fully saturated rings. The van der Waals surface area contributed by atoms with Gasteiger partial charge in [0.05, 0.1) is 38.6 Å². The Balaban J connectivity index is 1.47. The van der Waals surface area contributed by atoms with Crippen LogP contribution in [0.1, 0.15) is 0 Å². The smallest absolute Gasteiger partial charge is 0.178 e. The van der Waals surface area contributed by atoms with Crippen LogP contribution in [0.5, 0.6) is 0 Å². The fraction of sp³-hybridized carbons (Fsp3) is 0. The van der Waals surface area contributed by atoms with E-state index >= 15 is 0 Å². The van der Waals surface area contributed by atoms with Crippen LogP contribution in [-0.2, 0) is 0 Å². The molecule has 6 nitrogen and oxygen atoms in total. The minimum atomic E-state index is 0.723. The summed E-state index contributed by atoms with van der Waals surface area (Å²) in [6.45, 7) is 0. The van der Waals surface area contributed by atoms with Gasteiger partial charge in [0.15, 0.2) is 5.65 Å². The molecule has 218 valence electrons. The summed E-state index contributed by atoms with van der Waals surface area (Å²) < 4.78 is 7.09. The summed E-state index contributed by atoms with van der Waals surface area (Å²) in [4.78, 5) is 14.8. The molecule has 47 heavy (non-hydrogen) atoms. The Labute approximate surface area is 267 Å². The van der Waals surface area contributed by atoms with Gasteiger partial charge in [0.1, 0.15) is 5.65 Å². The Kier molecular flexibility index (Phi) is 4.75. The van der Waals surface area contributed by atoms with Crippen molar-refractivity contribution in [3.63, 3.8) is 0 Å². The van der Waals surface area contributed by atoms with E-state index in [4.69, 9.17) is 9.97 Å². The number of fused-ring (bicyclic) bond motifs is 16. The number of pyridine rings is 3. The van der Waals surface area contributed by atoms with Crippen LogP contribution in [0.4, 0.5) is 0 Å². The highest BCUT2D eigenvalue weighted by Crippen LogP contribution is 2.45. The van der Waals surface area contributed by atoms with Crippen LogP contribution in [0.15, 0.2) is 146 Å². The molecule has 11 rings (SSSR count). The predicted octanol–water partition coefficient (Wildman–Crippen LogP) is 9.78. The SMILES string of the molecule is c1ccc(-n2c3ccccc3c3ccc4c5c6c(ccc5n(-c5ccccc5)c4c32)c2ncccc2n2c3cccnc3nc62)cc1. The largest absolute Gasteiger partial charge is 0.307 e. The Bertz CT molecular complexity index is 3060. The third kappa shape index (κ3) is 3.16. The maximum absolute atomic E-state index is 5.20.